The molecule has 0 aromatic carbocycles. The van der Waals surface area contributed by atoms with Crippen LogP contribution in [0.3, 0.4) is 0 Å². The Hall–Kier alpha value is -1.23. The second-order valence-electron chi connectivity index (χ2n) is 1.87. The molecule has 0 rings (SSSR count). The number of carboxylic acid groups (broad SMARTS) is 2. The molecule has 0 heterocycles. The van der Waals surface area contributed by atoms with Crippen LogP contribution < -0.4 is 0 Å². The molecular formula is C10H18O4S. The fourth-order valence-electron chi connectivity index (χ4n) is 0.204. The number of carboxylic acids is 2. The molecule has 88 valence electrons. The first kappa shape index (κ1) is 19.4. The van der Waals surface area contributed by atoms with Crippen molar-refractivity contribution in [2.75, 3.05) is 11.5 Å². The van der Waals surface area contributed by atoms with Gasteiger partial charge in [-0.3, -0.25) is 0 Å². The summed E-state index contributed by atoms with van der Waals surface area (Å²) in [5.41, 5.74) is 0. The number of hydrogen-bond acceptors (Lipinski definition) is 3. The van der Waals surface area contributed by atoms with Gasteiger partial charge in [0.1, 0.15) is 0 Å². The minimum atomic E-state index is -0.981. The molecule has 0 aliphatic rings. The molecule has 0 fully saturated rings. The Morgan fingerprint density at radius 3 is 1.27 bits per heavy atom. The van der Waals surface area contributed by atoms with Crippen LogP contribution in [0.2, 0.25) is 0 Å². The highest BCUT2D eigenvalue weighted by Gasteiger charge is 1.73. The van der Waals surface area contributed by atoms with Gasteiger partial charge in [-0.05, 0) is 11.5 Å². The highest BCUT2D eigenvalue weighted by Crippen LogP contribution is 1.93. The van der Waals surface area contributed by atoms with Crippen molar-refractivity contribution in [1.82, 2.24) is 0 Å². The third-order valence-electron chi connectivity index (χ3n) is 0.757. The maximum atomic E-state index is 9.25. The lowest BCUT2D eigenvalue weighted by Gasteiger charge is -1.80. The Kier molecular flexibility index (Phi) is 23.9. The van der Waals surface area contributed by atoms with Crippen LogP contribution in [0.4, 0.5) is 0 Å². The van der Waals surface area contributed by atoms with Crippen molar-refractivity contribution in [3.05, 3.63) is 25.3 Å². The van der Waals surface area contributed by atoms with E-state index in [0.717, 1.165) is 12.2 Å². The monoisotopic (exact) mass is 234 g/mol. The summed E-state index contributed by atoms with van der Waals surface area (Å²) in [6.07, 6.45) is 1.67. The van der Waals surface area contributed by atoms with Crippen molar-refractivity contribution >= 4 is 23.7 Å². The highest BCUT2D eigenvalue weighted by atomic mass is 32.2. The molecule has 5 heteroatoms. The van der Waals surface area contributed by atoms with Gasteiger partial charge in [0.2, 0.25) is 0 Å². The lowest BCUT2D eigenvalue weighted by atomic mass is 10.7. The SMILES string of the molecule is C=CC(=O)O.C=CC(=O)O.CCSCC. The van der Waals surface area contributed by atoms with Crippen molar-refractivity contribution in [2.24, 2.45) is 0 Å². The van der Waals surface area contributed by atoms with Crippen LogP contribution in [-0.2, 0) is 9.59 Å². The molecule has 0 aromatic rings. The summed E-state index contributed by atoms with van der Waals surface area (Å²) >= 11 is 1.96. The van der Waals surface area contributed by atoms with Crippen LogP contribution in [0.5, 0.6) is 0 Å². The van der Waals surface area contributed by atoms with Gasteiger partial charge in [-0.15, -0.1) is 0 Å². The number of hydrogen-bond donors (Lipinski definition) is 2. The van der Waals surface area contributed by atoms with Gasteiger partial charge in [-0.1, -0.05) is 27.0 Å². The van der Waals surface area contributed by atoms with E-state index in [1.807, 2.05) is 11.8 Å². The molecule has 4 nitrogen and oxygen atoms in total. The molecule has 0 saturated carbocycles. The van der Waals surface area contributed by atoms with E-state index in [0.29, 0.717) is 0 Å². The standard InChI is InChI=1S/C4H10S.2C3H4O2/c1-3-5-4-2;2*1-2-3(4)5/h3-4H2,1-2H3;2*2H,1H2,(H,4,5). The molecule has 0 amide bonds. The fraction of sp³-hybridized carbons (Fsp3) is 0.400. The maximum Gasteiger partial charge on any atom is 0.327 e. The third-order valence-corrected chi connectivity index (χ3v) is 1.57. The molecule has 0 aliphatic heterocycles. The molecule has 15 heavy (non-hydrogen) atoms. The smallest absolute Gasteiger partial charge is 0.327 e. The summed E-state index contributed by atoms with van der Waals surface area (Å²) in [6, 6.07) is 0. The second kappa shape index (κ2) is 18.5. The topological polar surface area (TPSA) is 74.6 Å². The van der Waals surface area contributed by atoms with Gasteiger partial charge in [0, 0.05) is 12.2 Å². The summed E-state index contributed by atoms with van der Waals surface area (Å²) in [6.45, 7) is 10.3. The molecule has 0 saturated heterocycles. The van der Waals surface area contributed by atoms with Gasteiger partial charge in [-0.2, -0.15) is 11.8 Å². The van der Waals surface area contributed by atoms with E-state index in [-0.39, 0.29) is 0 Å². The fourth-order valence-corrected chi connectivity index (χ4v) is 0.612. The summed E-state index contributed by atoms with van der Waals surface area (Å²) in [4.78, 5) is 18.5. The molecule has 0 unspecified atom stereocenters. The van der Waals surface area contributed by atoms with E-state index in [1.54, 1.807) is 0 Å². The summed E-state index contributed by atoms with van der Waals surface area (Å²) < 4.78 is 0. The van der Waals surface area contributed by atoms with Gasteiger partial charge in [0.05, 0.1) is 0 Å². The number of rotatable bonds is 4. The zero-order chi connectivity index (χ0) is 12.7. The molecule has 0 spiro atoms. The van der Waals surface area contributed by atoms with Gasteiger partial charge >= 0.3 is 11.9 Å². The van der Waals surface area contributed by atoms with Crippen LogP contribution in [0.15, 0.2) is 25.3 Å². The first-order valence-electron chi connectivity index (χ1n) is 4.24. The van der Waals surface area contributed by atoms with Gasteiger partial charge in [-0.25, -0.2) is 9.59 Å². The molecule has 0 radical (unpaired) electrons. The lowest BCUT2D eigenvalue weighted by Crippen LogP contribution is -1.82. The van der Waals surface area contributed by atoms with Gasteiger partial charge < -0.3 is 10.2 Å². The number of carbonyl (C=O) groups is 2. The Morgan fingerprint density at radius 1 is 1.07 bits per heavy atom. The van der Waals surface area contributed by atoms with Crippen LogP contribution in [0.25, 0.3) is 0 Å². The largest absolute Gasteiger partial charge is 0.478 e. The summed E-state index contributed by atoms with van der Waals surface area (Å²) in [5.74, 6) is 0.558. The zero-order valence-electron chi connectivity index (χ0n) is 9.10. The molecular weight excluding hydrogens is 216 g/mol. The molecule has 0 aromatic heterocycles. The Morgan fingerprint density at radius 2 is 1.27 bits per heavy atom. The molecule has 2 N–H and O–H groups in total. The average Bonchev–Trinajstić information content (AvgIpc) is 2.20. The lowest BCUT2D eigenvalue weighted by molar-refractivity contribution is -0.132. The van der Waals surface area contributed by atoms with Gasteiger partial charge in [0.25, 0.3) is 0 Å². The Balaban J connectivity index is -0.000000144. The minimum Gasteiger partial charge on any atom is -0.478 e. The summed E-state index contributed by atoms with van der Waals surface area (Å²) in [7, 11) is 0. The molecule has 0 aliphatic carbocycles. The summed E-state index contributed by atoms with van der Waals surface area (Å²) in [5, 5.41) is 15.2. The quantitative estimate of drug-likeness (QED) is 0.730. The average molecular weight is 234 g/mol. The minimum absolute atomic E-state index is 0.833. The van der Waals surface area contributed by atoms with E-state index < -0.39 is 11.9 Å². The van der Waals surface area contributed by atoms with Crippen molar-refractivity contribution < 1.29 is 19.8 Å². The first-order valence-corrected chi connectivity index (χ1v) is 5.40. The van der Waals surface area contributed by atoms with E-state index >= 15 is 0 Å². The normalized spacial score (nSPS) is 7.07. The second-order valence-corrected chi connectivity index (χ2v) is 3.43. The first-order chi connectivity index (χ1) is 6.95. The third kappa shape index (κ3) is 65.1. The number of aliphatic carboxylic acids is 2. The van der Waals surface area contributed by atoms with Crippen molar-refractivity contribution in [3.8, 4) is 0 Å². The zero-order valence-corrected chi connectivity index (χ0v) is 9.92. The predicted octanol–water partition coefficient (Wildman–Crippen LogP) is 2.27. The van der Waals surface area contributed by atoms with E-state index in [4.69, 9.17) is 10.2 Å². The van der Waals surface area contributed by atoms with Crippen LogP contribution in [-0.4, -0.2) is 33.7 Å². The Labute approximate surface area is 94.7 Å². The van der Waals surface area contributed by atoms with E-state index in [1.165, 1.54) is 11.5 Å². The number of thioether (sulfide) groups is 1. The van der Waals surface area contributed by atoms with Crippen molar-refractivity contribution in [1.29, 1.82) is 0 Å². The van der Waals surface area contributed by atoms with Crippen molar-refractivity contribution in [3.63, 3.8) is 0 Å². The Bertz CT molecular complexity index is 170. The van der Waals surface area contributed by atoms with Gasteiger partial charge in [0.15, 0.2) is 0 Å². The maximum absolute atomic E-state index is 9.25. The predicted molar refractivity (Wildman–Crippen MR) is 64.3 cm³/mol. The van der Waals surface area contributed by atoms with Crippen LogP contribution in [0.1, 0.15) is 13.8 Å². The van der Waals surface area contributed by atoms with Crippen LogP contribution in [0, 0.1) is 0 Å². The van der Waals surface area contributed by atoms with Crippen LogP contribution >= 0.6 is 11.8 Å². The van der Waals surface area contributed by atoms with E-state index in [2.05, 4.69) is 27.0 Å². The van der Waals surface area contributed by atoms with Crippen molar-refractivity contribution in [2.45, 2.75) is 13.8 Å². The molecule has 0 bridgehead atoms. The van der Waals surface area contributed by atoms with E-state index in [9.17, 15) is 9.59 Å². The molecule has 0 atom stereocenters. The highest BCUT2D eigenvalue weighted by molar-refractivity contribution is 7.99.